The molecule has 16 heavy (non-hydrogen) atoms. The minimum absolute atomic E-state index is 0.135. The van der Waals surface area contributed by atoms with Crippen molar-refractivity contribution in [2.45, 2.75) is 20.0 Å². The van der Waals surface area contributed by atoms with E-state index in [1.165, 1.54) is 6.07 Å². The van der Waals surface area contributed by atoms with Crippen molar-refractivity contribution in [1.29, 1.82) is 0 Å². The Morgan fingerprint density at radius 1 is 1.44 bits per heavy atom. The molecule has 4 heteroatoms. The van der Waals surface area contributed by atoms with E-state index in [1.54, 1.807) is 12.1 Å². The van der Waals surface area contributed by atoms with Crippen LogP contribution in [-0.4, -0.2) is 11.7 Å². The molecule has 0 aliphatic heterocycles. The highest BCUT2D eigenvalue weighted by Gasteiger charge is 2.25. The van der Waals surface area contributed by atoms with Crippen LogP contribution in [0.1, 0.15) is 25.5 Å². The lowest BCUT2D eigenvalue weighted by molar-refractivity contribution is 0.0828. The van der Waals surface area contributed by atoms with Crippen LogP contribution in [0.3, 0.4) is 0 Å². The quantitative estimate of drug-likeness (QED) is 0.895. The van der Waals surface area contributed by atoms with Crippen molar-refractivity contribution in [1.82, 2.24) is 0 Å². The van der Waals surface area contributed by atoms with Crippen LogP contribution in [0.25, 0.3) is 0 Å². The molecular formula is C12H17BrFNO. The second kappa shape index (κ2) is 5.75. The summed E-state index contributed by atoms with van der Waals surface area (Å²) in [6.07, 6.45) is -0.859. The first-order valence-electron chi connectivity index (χ1n) is 5.30. The van der Waals surface area contributed by atoms with E-state index in [2.05, 4.69) is 15.9 Å². The Hall–Kier alpha value is -0.450. The molecule has 2 atom stereocenters. The van der Waals surface area contributed by atoms with Crippen molar-refractivity contribution in [3.8, 4) is 0 Å². The van der Waals surface area contributed by atoms with E-state index in [9.17, 15) is 9.50 Å². The first-order chi connectivity index (χ1) is 7.47. The zero-order valence-electron chi connectivity index (χ0n) is 9.45. The molecule has 90 valence electrons. The molecule has 2 nitrogen and oxygen atoms in total. The first-order valence-corrected chi connectivity index (χ1v) is 6.09. The van der Waals surface area contributed by atoms with Gasteiger partial charge in [-0.05, 0) is 30.7 Å². The van der Waals surface area contributed by atoms with Crippen molar-refractivity contribution in [3.05, 3.63) is 34.1 Å². The molecule has 0 fully saturated rings. The largest absolute Gasteiger partial charge is 0.388 e. The highest BCUT2D eigenvalue weighted by atomic mass is 79.9. The van der Waals surface area contributed by atoms with E-state index in [4.69, 9.17) is 5.73 Å². The van der Waals surface area contributed by atoms with Crippen LogP contribution in [0.5, 0.6) is 0 Å². The average Bonchev–Trinajstić information content (AvgIpc) is 2.22. The highest BCUT2D eigenvalue weighted by Crippen LogP contribution is 2.30. The van der Waals surface area contributed by atoms with Gasteiger partial charge in [0.05, 0.1) is 6.10 Å². The average molecular weight is 290 g/mol. The second-order valence-electron chi connectivity index (χ2n) is 4.25. The summed E-state index contributed by atoms with van der Waals surface area (Å²) >= 11 is 3.26. The van der Waals surface area contributed by atoms with Crippen molar-refractivity contribution >= 4 is 15.9 Å². The number of nitrogens with two attached hydrogens (primary N) is 1. The zero-order valence-corrected chi connectivity index (χ0v) is 11.0. The van der Waals surface area contributed by atoms with Crippen LogP contribution in [0.2, 0.25) is 0 Å². The third-order valence-corrected chi connectivity index (χ3v) is 3.30. The van der Waals surface area contributed by atoms with Gasteiger partial charge in [0.15, 0.2) is 0 Å². The maximum atomic E-state index is 13.6. The first kappa shape index (κ1) is 13.6. The summed E-state index contributed by atoms with van der Waals surface area (Å²) in [7, 11) is 0. The number of hydrogen-bond acceptors (Lipinski definition) is 2. The molecule has 0 amide bonds. The molecule has 1 aromatic carbocycles. The summed E-state index contributed by atoms with van der Waals surface area (Å²) in [5.74, 6) is -0.322. The van der Waals surface area contributed by atoms with Gasteiger partial charge in [-0.1, -0.05) is 29.8 Å². The molecule has 1 aromatic rings. The number of rotatable bonds is 4. The normalized spacial score (nSPS) is 15.2. The van der Waals surface area contributed by atoms with Gasteiger partial charge in [-0.2, -0.15) is 0 Å². The highest BCUT2D eigenvalue weighted by molar-refractivity contribution is 9.10. The molecule has 0 aliphatic carbocycles. The van der Waals surface area contributed by atoms with Gasteiger partial charge in [0.2, 0.25) is 0 Å². The van der Waals surface area contributed by atoms with Gasteiger partial charge in [-0.25, -0.2) is 4.39 Å². The standard InChI is InChI=1S/C12H17BrFNO/c1-7(2)10(6-15)12(16)9-5-8(13)3-4-11(9)14/h3-5,7,10,12,16H,6,15H2,1-2H3. The smallest absolute Gasteiger partial charge is 0.129 e. The van der Waals surface area contributed by atoms with Crippen molar-refractivity contribution < 1.29 is 9.50 Å². The molecule has 0 saturated heterocycles. The fourth-order valence-corrected chi connectivity index (χ4v) is 2.12. The van der Waals surface area contributed by atoms with E-state index >= 15 is 0 Å². The number of hydrogen-bond donors (Lipinski definition) is 2. The molecule has 1 rings (SSSR count). The van der Waals surface area contributed by atoms with Gasteiger partial charge in [0.1, 0.15) is 5.82 Å². The van der Waals surface area contributed by atoms with E-state index in [-0.39, 0.29) is 11.8 Å². The molecule has 0 radical (unpaired) electrons. The summed E-state index contributed by atoms with van der Waals surface area (Å²) in [5.41, 5.74) is 5.91. The van der Waals surface area contributed by atoms with Gasteiger partial charge in [0, 0.05) is 16.0 Å². The number of halogens is 2. The summed E-state index contributed by atoms with van der Waals surface area (Å²) in [4.78, 5) is 0. The molecule has 0 heterocycles. The van der Waals surface area contributed by atoms with Gasteiger partial charge in [-0.3, -0.25) is 0 Å². The fraction of sp³-hybridized carbons (Fsp3) is 0.500. The summed E-state index contributed by atoms with van der Waals surface area (Å²) in [6, 6.07) is 4.56. The second-order valence-corrected chi connectivity index (χ2v) is 5.17. The van der Waals surface area contributed by atoms with E-state index in [0.717, 1.165) is 4.47 Å². The maximum Gasteiger partial charge on any atom is 0.129 e. The van der Waals surface area contributed by atoms with Crippen LogP contribution in [0.4, 0.5) is 4.39 Å². The Kier molecular flexibility index (Phi) is 4.89. The van der Waals surface area contributed by atoms with Gasteiger partial charge >= 0.3 is 0 Å². The number of aliphatic hydroxyl groups excluding tert-OH is 1. The van der Waals surface area contributed by atoms with Crippen LogP contribution in [0.15, 0.2) is 22.7 Å². The van der Waals surface area contributed by atoms with Crippen LogP contribution in [0, 0.1) is 17.7 Å². The maximum absolute atomic E-state index is 13.6. The monoisotopic (exact) mass is 289 g/mol. The van der Waals surface area contributed by atoms with E-state index in [1.807, 2.05) is 13.8 Å². The Balaban J connectivity index is 3.02. The predicted octanol–water partition coefficient (Wildman–Crippen LogP) is 2.85. The molecule has 0 bridgehead atoms. The molecule has 0 aliphatic rings. The molecule has 0 saturated carbocycles. The third kappa shape index (κ3) is 3.03. The van der Waals surface area contributed by atoms with Crippen molar-refractivity contribution in [3.63, 3.8) is 0 Å². The van der Waals surface area contributed by atoms with Gasteiger partial charge < -0.3 is 10.8 Å². The molecule has 0 spiro atoms. The van der Waals surface area contributed by atoms with Crippen LogP contribution in [-0.2, 0) is 0 Å². The van der Waals surface area contributed by atoms with E-state index < -0.39 is 11.9 Å². The zero-order chi connectivity index (χ0) is 12.3. The predicted molar refractivity (Wildman–Crippen MR) is 66.4 cm³/mol. The molecule has 0 aromatic heterocycles. The lowest BCUT2D eigenvalue weighted by Gasteiger charge is -2.25. The van der Waals surface area contributed by atoms with Crippen molar-refractivity contribution in [2.75, 3.05) is 6.54 Å². The Morgan fingerprint density at radius 2 is 2.06 bits per heavy atom. The summed E-state index contributed by atoms with van der Waals surface area (Å²) in [5, 5.41) is 10.1. The lowest BCUT2D eigenvalue weighted by Crippen LogP contribution is -2.27. The summed E-state index contributed by atoms with van der Waals surface area (Å²) < 4.78 is 14.3. The van der Waals surface area contributed by atoms with Crippen LogP contribution >= 0.6 is 15.9 Å². The summed E-state index contributed by atoms with van der Waals surface area (Å²) in [6.45, 7) is 4.28. The van der Waals surface area contributed by atoms with Gasteiger partial charge in [-0.15, -0.1) is 0 Å². The molecular weight excluding hydrogens is 273 g/mol. The minimum atomic E-state index is -0.859. The minimum Gasteiger partial charge on any atom is -0.388 e. The Bertz CT molecular complexity index is 357. The Morgan fingerprint density at radius 3 is 2.56 bits per heavy atom. The lowest BCUT2D eigenvalue weighted by atomic mass is 9.86. The van der Waals surface area contributed by atoms with E-state index in [0.29, 0.717) is 12.1 Å². The number of benzene rings is 1. The Labute approximate surface area is 104 Å². The molecule has 3 N–H and O–H groups in total. The fourth-order valence-electron chi connectivity index (χ4n) is 1.74. The third-order valence-electron chi connectivity index (χ3n) is 2.81. The topological polar surface area (TPSA) is 46.2 Å². The van der Waals surface area contributed by atoms with Crippen LogP contribution < -0.4 is 5.73 Å². The molecule has 2 unspecified atom stereocenters. The SMILES string of the molecule is CC(C)C(CN)C(O)c1cc(Br)ccc1F. The number of aliphatic hydroxyl groups is 1. The van der Waals surface area contributed by atoms with Gasteiger partial charge in [0.25, 0.3) is 0 Å². The van der Waals surface area contributed by atoms with Crippen molar-refractivity contribution in [2.24, 2.45) is 17.6 Å².